The van der Waals surface area contributed by atoms with Crippen molar-refractivity contribution in [2.45, 2.75) is 12.4 Å². The molecular weight excluding hydrogens is 454 g/mol. The van der Waals surface area contributed by atoms with Gasteiger partial charge >= 0.3 is 12.4 Å². The van der Waals surface area contributed by atoms with Gasteiger partial charge in [-0.05, 0) is 46.5 Å². The van der Waals surface area contributed by atoms with Crippen LogP contribution in [-0.4, -0.2) is 5.78 Å². The number of carbonyl (C=O) groups excluding carboxylic acids is 1. The summed E-state index contributed by atoms with van der Waals surface area (Å²) in [5.41, 5.74) is 0.964. The highest BCUT2D eigenvalue weighted by Gasteiger charge is 2.31. The van der Waals surface area contributed by atoms with E-state index in [0.717, 1.165) is 24.3 Å². The second-order valence-corrected chi connectivity index (χ2v) is 7.64. The highest BCUT2D eigenvalue weighted by atomic mass is 19.4. The summed E-state index contributed by atoms with van der Waals surface area (Å²) < 4.78 is 77.7. The molecule has 0 spiro atoms. The first kappa shape index (κ1) is 23.3. The van der Waals surface area contributed by atoms with Crippen LogP contribution in [0, 0.1) is 0 Å². The van der Waals surface area contributed by atoms with Crippen molar-refractivity contribution < 1.29 is 31.1 Å². The molecule has 0 aliphatic heterocycles. The molecule has 172 valence electrons. The van der Waals surface area contributed by atoms with Crippen LogP contribution in [-0.2, 0) is 12.4 Å². The third-order valence-corrected chi connectivity index (χ3v) is 5.34. The molecule has 0 N–H and O–H groups in total. The molecule has 0 unspecified atom stereocenters. The summed E-state index contributed by atoms with van der Waals surface area (Å²) in [5.74, 6) is -0.314. The smallest absolute Gasteiger partial charge is 0.289 e. The Labute approximate surface area is 191 Å². The van der Waals surface area contributed by atoms with Crippen molar-refractivity contribution >= 4 is 5.78 Å². The van der Waals surface area contributed by atoms with Gasteiger partial charge in [0.2, 0.25) is 0 Å². The molecule has 0 saturated heterocycles. The first-order valence-corrected chi connectivity index (χ1v) is 10.1. The average Bonchev–Trinajstić information content (AvgIpc) is 2.83. The maximum Gasteiger partial charge on any atom is 0.416 e. The SMILES string of the molecule is O=C(c1ccc(-c2cccc(C(F)(F)F)c2)cc1)c1ccc(-c2cccc(C(F)(F)F)c2)cc1. The molecule has 0 saturated carbocycles. The molecule has 4 rings (SSSR count). The standard InChI is InChI=1S/C27H16F6O/c28-26(29,30)23-5-1-3-21(15-23)17-7-11-19(12-8-17)25(34)20-13-9-18(10-14-20)22-4-2-6-24(16-22)27(31,32)33/h1-16H. The van der Waals surface area contributed by atoms with Crippen LogP contribution in [0.25, 0.3) is 22.3 Å². The van der Waals surface area contributed by atoms with Crippen LogP contribution in [0.2, 0.25) is 0 Å². The van der Waals surface area contributed by atoms with Crippen LogP contribution >= 0.6 is 0 Å². The topological polar surface area (TPSA) is 17.1 Å². The van der Waals surface area contributed by atoms with Gasteiger partial charge in [0.05, 0.1) is 11.1 Å². The van der Waals surface area contributed by atoms with Crippen LogP contribution in [0.5, 0.6) is 0 Å². The van der Waals surface area contributed by atoms with Gasteiger partial charge in [-0.15, -0.1) is 0 Å². The molecule has 0 bridgehead atoms. The molecule has 0 aliphatic carbocycles. The Kier molecular flexibility index (Phi) is 6.04. The fraction of sp³-hybridized carbons (Fsp3) is 0.0741. The monoisotopic (exact) mass is 470 g/mol. The largest absolute Gasteiger partial charge is 0.416 e. The normalized spacial score (nSPS) is 11.9. The van der Waals surface area contributed by atoms with Gasteiger partial charge in [0.25, 0.3) is 0 Å². The van der Waals surface area contributed by atoms with E-state index >= 15 is 0 Å². The summed E-state index contributed by atoms with van der Waals surface area (Å²) in [6.45, 7) is 0. The quantitative estimate of drug-likeness (QED) is 0.217. The Hall–Kier alpha value is -3.87. The van der Waals surface area contributed by atoms with Crippen molar-refractivity contribution in [3.8, 4) is 22.3 Å². The fourth-order valence-electron chi connectivity index (χ4n) is 3.54. The zero-order valence-electron chi connectivity index (χ0n) is 17.4. The van der Waals surface area contributed by atoms with Crippen LogP contribution in [0.3, 0.4) is 0 Å². The lowest BCUT2D eigenvalue weighted by Gasteiger charge is -2.10. The summed E-state index contributed by atoms with van der Waals surface area (Å²) in [6.07, 6.45) is -8.90. The van der Waals surface area contributed by atoms with Crippen LogP contribution in [0.1, 0.15) is 27.0 Å². The lowest BCUT2D eigenvalue weighted by Crippen LogP contribution is -2.04. The molecule has 4 aromatic rings. The van der Waals surface area contributed by atoms with Crippen molar-refractivity contribution in [1.82, 2.24) is 0 Å². The van der Waals surface area contributed by atoms with E-state index in [4.69, 9.17) is 0 Å². The number of hydrogen-bond donors (Lipinski definition) is 0. The predicted molar refractivity (Wildman–Crippen MR) is 117 cm³/mol. The van der Waals surface area contributed by atoms with Crippen molar-refractivity contribution in [3.05, 3.63) is 119 Å². The van der Waals surface area contributed by atoms with E-state index in [1.54, 1.807) is 36.4 Å². The van der Waals surface area contributed by atoms with Gasteiger partial charge in [0, 0.05) is 11.1 Å². The molecule has 0 atom stereocenters. The van der Waals surface area contributed by atoms with Gasteiger partial charge in [-0.25, -0.2) is 0 Å². The Morgan fingerprint density at radius 3 is 1.15 bits per heavy atom. The Morgan fingerprint density at radius 1 is 0.471 bits per heavy atom. The number of hydrogen-bond acceptors (Lipinski definition) is 1. The fourth-order valence-corrected chi connectivity index (χ4v) is 3.54. The van der Waals surface area contributed by atoms with E-state index in [2.05, 4.69) is 0 Å². The summed E-state index contributed by atoms with van der Waals surface area (Å²) in [4.78, 5) is 12.8. The summed E-state index contributed by atoms with van der Waals surface area (Å²) in [6, 6.07) is 22.2. The Balaban J connectivity index is 1.54. The third-order valence-electron chi connectivity index (χ3n) is 5.34. The minimum Gasteiger partial charge on any atom is -0.289 e. The summed E-state index contributed by atoms with van der Waals surface area (Å²) in [7, 11) is 0. The van der Waals surface area contributed by atoms with Gasteiger partial charge < -0.3 is 0 Å². The minimum absolute atomic E-state index is 0.314. The molecule has 0 radical (unpaired) electrons. The molecule has 0 amide bonds. The molecule has 0 aromatic heterocycles. The highest BCUT2D eigenvalue weighted by molar-refractivity contribution is 6.09. The average molecular weight is 470 g/mol. The van der Waals surface area contributed by atoms with E-state index in [-0.39, 0.29) is 5.78 Å². The van der Waals surface area contributed by atoms with Crippen molar-refractivity contribution in [2.24, 2.45) is 0 Å². The van der Waals surface area contributed by atoms with E-state index in [1.165, 1.54) is 36.4 Å². The first-order chi connectivity index (χ1) is 16.0. The molecule has 4 aromatic carbocycles. The minimum atomic E-state index is -4.45. The molecule has 0 fully saturated rings. The second-order valence-electron chi connectivity index (χ2n) is 7.64. The first-order valence-electron chi connectivity index (χ1n) is 10.1. The Bertz CT molecular complexity index is 1210. The lowest BCUT2D eigenvalue weighted by atomic mass is 9.96. The Morgan fingerprint density at radius 2 is 0.824 bits per heavy atom. The lowest BCUT2D eigenvalue weighted by molar-refractivity contribution is -0.138. The number of alkyl halides is 6. The number of rotatable bonds is 4. The van der Waals surface area contributed by atoms with Gasteiger partial charge in [0.1, 0.15) is 0 Å². The zero-order valence-corrected chi connectivity index (χ0v) is 17.4. The van der Waals surface area contributed by atoms with Crippen molar-refractivity contribution in [1.29, 1.82) is 0 Å². The molecule has 7 heteroatoms. The van der Waals surface area contributed by atoms with E-state index in [1.807, 2.05) is 0 Å². The number of ketones is 1. The molecule has 0 aliphatic rings. The highest BCUT2D eigenvalue weighted by Crippen LogP contribution is 2.33. The number of halogens is 6. The molecule has 1 nitrogen and oxygen atoms in total. The number of carbonyl (C=O) groups is 1. The molecule has 34 heavy (non-hydrogen) atoms. The van der Waals surface area contributed by atoms with E-state index < -0.39 is 23.5 Å². The van der Waals surface area contributed by atoms with Gasteiger partial charge in [-0.1, -0.05) is 72.8 Å². The van der Waals surface area contributed by atoms with Crippen LogP contribution in [0.15, 0.2) is 97.1 Å². The van der Waals surface area contributed by atoms with Gasteiger partial charge in [0.15, 0.2) is 5.78 Å². The van der Waals surface area contributed by atoms with Gasteiger partial charge in [-0.3, -0.25) is 4.79 Å². The zero-order chi connectivity index (χ0) is 24.5. The maximum absolute atomic E-state index is 13.0. The van der Waals surface area contributed by atoms with E-state index in [9.17, 15) is 31.1 Å². The maximum atomic E-state index is 13.0. The third kappa shape index (κ3) is 5.03. The second kappa shape index (κ2) is 8.82. The molecular formula is C27H16F6O. The molecule has 0 heterocycles. The van der Waals surface area contributed by atoms with Crippen molar-refractivity contribution in [3.63, 3.8) is 0 Å². The van der Waals surface area contributed by atoms with Crippen molar-refractivity contribution in [2.75, 3.05) is 0 Å². The predicted octanol–water partition coefficient (Wildman–Crippen LogP) is 8.29. The van der Waals surface area contributed by atoms with E-state index in [0.29, 0.717) is 33.4 Å². The van der Waals surface area contributed by atoms with Crippen LogP contribution < -0.4 is 0 Å². The van der Waals surface area contributed by atoms with Crippen LogP contribution in [0.4, 0.5) is 26.3 Å². The summed E-state index contributed by atoms with van der Waals surface area (Å²) in [5, 5.41) is 0. The van der Waals surface area contributed by atoms with Gasteiger partial charge in [-0.2, -0.15) is 26.3 Å². The number of benzene rings is 4. The summed E-state index contributed by atoms with van der Waals surface area (Å²) >= 11 is 0.